The third kappa shape index (κ3) is 7.62. The number of ether oxygens (including phenoxy) is 1. The van der Waals surface area contributed by atoms with Crippen LogP contribution in [-0.2, 0) is 19.4 Å². The van der Waals surface area contributed by atoms with Crippen LogP contribution in [0.3, 0.4) is 0 Å². The van der Waals surface area contributed by atoms with Crippen LogP contribution in [-0.4, -0.2) is 42.0 Å². The SMILES string of the molecule is CC(C)C(NC(=O)OC(C)(C)C)c1nnc(S(=O)(=O)CC(=O)Nc2ccc(Br)cc2)o1. The van der Waals surface area contributed by atoms with E-state index in [1.807, 2.05) is 0 Å². The molecule has 0 aliphatic carbocycles. The van der Waals surface area contributed by atoms with Crippen LogP contribution in [0.1, 0.15) is 46.6 Å². The van der Waals surface area contributed by atoms with Crippen molar-refractivity contribution in [3.63, 3.8) is 0 Å². The average Bonchev–Trinajstić information content (AvgIpc) is 3.10. The normalized spacial score (nSPS) is 13.0. The van der Waals surface area contributed by atoms with E-state index in [9.17, 15) is 18.0 Å². The van der Waals surface area contributed by atoms with Gasteiger partial charge in [0.25, 0.3) is 0 Å². The predicted molar refractivity (Wildman–Crippen MR) is 116 cm³/mol. The van der Waals surface area contributed by atoms with Gasteiger partial charge >= 0.3 is 11.3 Å². The minimum atomic E-state index is -4.19. The zero-order valence-electron chi connectivity index (χ0n) is 17.8. The molecular weight excluding hydrogens is 492 g/mol. The number of aromatic nitrogens is 2. The van der Waals surface area contributed by atoms with E-state index in [0.717, 1.165) is 4.47 Å². The highest BCUT2D eigenvalue weighted by Gasteiger charge is 2.31. The number of nitrogens with zero attached hydrogens (tertiary/aromatic N) is 2. The fraction of sp³-hybridized carbons (Fsp3) is 0.474. The van der Waals surface area contributed by atoms with Gasteiger partial charge in [0.2, 0.25) is 21.6 Å². The van der Waals surface area contributed by atoms with Gasteiger partial charge in [-0.3, -0.25) is 4.79 Å². The topological polar surface area (TPSA) is 140 Å². The van der Waals surface area contributed by atoms with Gasteiger partial charge in [-0.1, -0.05) is 34.9 Å². The minimum absolute atomic E-state index is 0.104. The van der Waals surface area contributed by atoms with Crippen molar-refractivity contribution in [3.05, 3.63) is 34.6 Å². The van der Waals surface area contributed by atoms with Crippen LogP contribution < -0.4 is 10.6 Å². The molecule has 2 amide bonds. The molecule has 2 N–H and O–H groups in total. The van der Waals surface area contributed by atoms with Crippen molar-refractivity contribution in [2.24, 2.45) is 5.92 Å². The van der Waals surface area contributed by atoms with Crippen molar-refractivity contribution in [2.75, 3.05) is 11.1 Å². The van der Waals surface area contributed by atoms with E-state index in [0.29, 0.717) is 5.69 Å². The highest BCUT2D eigenvalue weighted by atomic mass is 79.9. The number of sulfone groups is 1. The molecule has 0 fully saturated rings. The third-order valence-electron chi connectivity index (χ3n) is 3.74. The van der Waals surface area contributed by atoms with Gasteiger partial charge in [0.1, 0.15) is 17.4 Å². The maximum absolute atomic E-state index is 12.5. The van der Waals surface area contributed by atoms with Gasteiger partial charge in [-0.15, -0.1) is 5.10 Å². The van der Waals surface area contributed by atoms with Crippen molar-refractivity contribution in [1.29, 1.82) is 0 Å². The van der Waals surface area contributed by atoms with Crippen molar-refractivity contribution in [2.45, 2.75) is 51.5 Å². The Morgan fingerprint density at radius 2 is 1.77 bits per heavy atom. The number of hydrogen-bond donors (Lipinski definition) is 2. The van der Waals surface area contributed by atoms with E-state index in [-0.39, 0.29) is 11.8 Å². The van der Waals surface area contributed by atoms with Crippen molar-refractivity contribution < 1.29 is 27.2 Å². The lowest BCUT2D eigenvalue weighted by Gasteiger charge is -2.23. The van der Waals surface area contributed by atoms with Crippen molar-refractivity contribution in [3.8, 4) is 0 Å². The zero-order chi connectivity index (χ0) is 23.4. The van der Waals surface area contributed by atoms with Gasteiger partial charge in [-0.25, -0.2) is 13.2 Å². The molecule has 0 radical (unpaired) electrons. The largest absolute Gasteiger partial charge is 0.444 e. The Morgan fingerprint density at radius 1 is 1.16 bits per heavy atom. The maximum Gasteiger partial charge on any atom is 0.408 e. The van der Waals surface area contributed by atoms with Crippen LogP contribution in [0.15, 0.2) is 38.4 Å². The Morgan fingerprint density at radius 3 is 2.32 bits per heavy atom. The second kappa shape index (κ2) is 9.77. The number of rotatable bonds is 7. The summed E-state index contributed by atoms with van der Waals surface area (Å²) in [5.41, 5.74) is -0.270. The highest BCUT2D eigenvalue weighted by Crippen LogP contribution is 2.23. The zero-order valence-corrected chi connectivity index (χ0v) is 20.2. The number of benzene rings is 1. The van der Waals surface area contributed by atoms with Gasteiger partial charge in [-0.05, 0) is 51.0 Å². The summed E-state index contributed by atoms with van der Waals surface area (Å²) < 4.78 is 36.4. The lowest BCUT2D eigenvalue weighted by molar-refractivity contribution is -0.113. The third-order valence-corrected chi connectivity index (χ3v) is 5.61. The molecule has 1 aromatic heterocycles. The molecule has 0 spiro atoms. The van der Waals surface area contributed by atoms with Crippen molar-refractivity contribution >= 4 is 43.5 Å². The number of anilines is 1. The van der Waals surface area contributed by atoms with Crippen LogP contribution in [0.25, 0.3) is 0 Å². The molecule has 31 heavy (non-hydrogen) atoms. The van der Waals surface area contributed by atoms with Gasteiger partial charge in [0.15, 0.2) is 0 Å². The molecule has 1 aromatic carbocycles. The van der Waals surface area contributed by atoms with Gasteiger partial charge in [-0.2, -0.15) is 0 Å². The maximum atomic E-state index is 12.5. The van der Waals surface area contributed by atoms with E-state index >= 15 is 0 Å². The standard InChI is InChI=1S/C19H25BrN4O6S/c1-11(2)15(22-17(26)30-19(3,4)5)16-23-24-18(29-16)31(27,28)10-14(25)21-13-8-6-12(20)7-9-13/h6-9,11,15H,10H2,1-5H3,(H,21,25)(H,22,26). The summed E-state index contributed by atoms with van der Waals surface area (Å²) in [5, 5.41) is 11.7. The molecule has 10 nitrogen and oxygen atoms in total. The molecule has 2 rings (SSSR count). The number of nitrogens with one attached hydrogen (secondary N) is 2. The monoisotopic (exact) mass is 516 g/mol. The van der Waals surface area contributed by atoms with E-state index in [1.54, 1.807) is 58.9 Å². The minimum Gasteiger partial charge on any atom is -0.444 e. The number of carbonyl (C=O) groups excluding carboxylic acids is 2. The molecule has 0 saturated carbocycles. The molecule has 0 aliphatic heterocycles. The lowest BCUT2D eigenvalue weighted by atomic mass is 10.1. The molecule has 0 bridgehead atoms. The summed E-state index contributed by atoms with van der Waals surface area (Å²) in [5.74, 6) is -1.94. The number of carbonyl (C=O) groups is 2. The number of alkyl carbamates (subject to hydrolysis) is 1. The van der Waals surface area contributed by atoms with Crippen molar-refractivity contribution in [1.82, 2.24) is 15.5 Å². The Balaban J connectivity index is 2.11. The molecule has 0 aliphatic rings. The van der Waals surface area contributed by atoms with E-state index < -0.39 is 44.5 Å². The van der Waals surface area contributed by atoms with Crippen LogP contribution >= 0.6 is 15.9 Å². The second-order valence-corrected chi connectivity index (χ2v) is 10.9. The Kier molecular flexibility index (Phi) is 7.82. The smallest absolute Gasteiger partial charge is 0.408 e. The lowest BCUT2D eigenvalue weighted by Crippen LogP contribution is -2.37. The van der Waals surface area contributed by atoms with E-state index in [1.165, 1.54) is 0 Å². The summed E-state index contributed by atoms with van der Waals surface area (Å²) in [6, 6.07) is 5.88. The Bertz CT molecular complexity index is 1030. The first-order valence-corrected chi connectivity index (χ1v) is 11.8. The van der Waals surface area contributed by atoms with Gasteiger partial charge in [0.05, 0.1) is 0 Å². The molecule has 0 saturated heterocycles. The fourth-order valence-electron chi connectivity index (χ4n) is 2.38. The molecule has 1 heterocycles. The fourth-order valence-corrected chi connectivity index (χ4v) is 3.57. The number of halogens is 1. The van der Waals surface area contributed by atoms with Gasteiger partial charge in [0, 0.05) is 10.2 Å². The molecule has 12 heteroatoms. The van der Waals surface area contributed by atoms with Crippen LogP contribution in [0.5, 0.6) is 0 Å². The quantitative estimate of drug-likeness (QED) is 0.569. The summed E-state index contributed by atoms with van der Waals surface area (Å²) in [7, 11) is -4.19. The first kappa shape index (κ1) is 24.8. The van der Waals surface area contributed by atoms with Crippen LogP contribution in [0, 0.1) is 5.92 Å². The van der Waals surface area contributed by atoms with Crippen LogP contribution in [0.2, 0.25) is 0 Å². The Labute approximate surface area is 189 Å². The summed E-state index contributed by atoms with van der Waals surface area (Å²) in [6.07, 6.45) is -0.706. The highest BCUT2D eigenvalue weighted by molar-refractivity contribution is 9.10. The molecule has 170 valence electrons. The summed E-state index contributed by atoms with van der Waals surface area (Å²) in [4.78, 5) is 24.2. The molecule has 1 atom stereocenters. The predicted octanol–water partition coefficient (Wildman–Crippen LogP) is 3.47. The Hall–Kier alpha value is -2.47. The number of amides is 2. The second-order valence-electron chi connectivity index (χ2n) is 8.09. The molecule has 1 unspecified atom stereocenters. The van der Waals surface area contributed by atoms with Gasteiger partial charge < -0.3 is 19.8 Å². The van der Waals surface area contributed by atoms with E-state index in [4.69, 9.17) is 9.15 Å². The molecule has 2 aromatic rings. The summed E-state index contributed by atoms with van der Waals surface area (Å²) >= 11 is 3.27. The average molecular weight is 517 g/mol. The van der Waals surface area contributed by atoms with Crippen LogP contribution in [0.4, 0.5) is 10.5 Å². The first-order chi connectivity index (χ1) is 14.3. The molecular formula is C19H25BrN4O6S. The first-order valence-electron chi connectivity index (χ1n) is 9.38. The summed E-state index contributed by atoms with van der Waals surface area (Å²) in [6.45, 7) is 8.72. The number of hydrogen-bond acceptors (Lipinski definition) is 8. The van der Waals surface area contributed by atoms with E-state index in [2.05, 4.69) is 36.8 Å².